The van der Waals surface area contributed by atoms with Crippen LogP contribution in [0.15, 0.2) is 48.5 Å². The molecule has 34 heavy (non-hydrogen) atoms. The lowest BCUT2D eigenvalue weighted by atomic mass is 9.84. The van der Waals surface area contributed by atoms with E-state index < -0.39 is 35.5 Å². The Morgan fingerprint density at radius 1 is 0.941 bits per heavy atom. The minimum Gasteiger partial charge on any atom is -0.481 e. The van der Waals surface area contributed by atoms with Gasteiger partial charge in [0.05, 0.1) is 6.42 Å². The van der Waals surface area contributed by atoms with Crippen molar-refractivity contribution in [2.75, 3.05) is 6.61 Å². The van der Waals surface area contributed by atoms with Crippen LogP contribution in [-0.4, -0.2) is 41.8 Å². The van der Waals surface area contributed by atoms with Crippen molar-refractivity contribution in [1.29, 1.82) is 0 Å². The lowest BCUT2D eigenvalue weighted by Crippen LogP contribution is -2.55. The van der Waals surface area contributed by atoms with Crippen LogP contribution in [0.3, 0.4) is 0 Å². The molecule has 0 heterocycles. The van der Waals surface area contributed by atoms with Crippen LogP contribution in [0.1, 0.15) is 58.1 Å². The number of amides is 2. The SMILES string of the molecule is CC(C)C(NC(=O)OCC1c2ccccc2-c2ccccc21)C(=O)NC(CC(=O)O)C(C)(C)C. The van der Waals surface area contributed by atoms with Crippen LogP contribution in [0.5, 0.6) is 0 Å². The minimum absolute atomic E-state index is 0.0784. The zero-order valence-corrected chi connectivity index (χ0v) is 20.4. The summed E-state index contributed by atoms with van der Waals surface area (Å²) in [5.74, 6) is -1.72. The predicted molar refractivity (Wildman–Crippen MR) is 130 cm³/mol. The highest BCUT2D eigenvalue weighted by Gasteiger charge is 2.33. The van der Waals surface area contributed by atoms with E-state index in [0.717, 1.165) is 22.3 Å². The fourth-order valence-electron chi connectivity index (χ4n) is 4.31. The van der Waals surface area contributed by atoms with E-state index in [4.69, 9.17) is 4.74 Å². The number of aliphatic carboxylic acids is 1. The Labute approximate surface area is 200 Å². The molecule has 2 atom stereocenters. The van der Waals surface area contributed by atoms with Gasteiger partial charge < -0.3 is 20.5 Å². The van der Waals surface area contributed by atoms with Crippen molar-refractivity contribution in [1.82, 2.24) is 10.6 Å². The van der Waals surface area contributed by atoms with Gasteiger partial charge in [0.1, 0.15) is 12.6 Å². The first-order valence-electron chi connectivity index (χ1n) is 11.6. The molecule has 0 spiro atoms. The first-order valence-corrected chi connectivity index (χ1v) is 11.6. The Bertz CT molecular complexity index is 1010. The van der Waals surface area contributed by atoms with Crippen molar-refractivity contribution >= 4 is 18.0 Å². The molecule has 182 valence electrons. The van der Waals surface area contributed by atoms with Crippen LogP contribution in [0.4, 0.5) is 4.79 Å². The monoisotopic (exact) mass is 466 g/mol. The summed E-state index contributed by atoms with van der Waals surface area (Å²) in [5, 5.41) is 14.7. The average Bonchev–Trinajstić information content (AvgIpc) is 3.08. The third-order valence-electron chi connectivity index (χ3n) is 6.31. The van der Waals surface area contributed by atoms with Crippen LogP contribution < -0.4 is 10.6 Å². The summed E-state index contributed by atoms with van der Waals surface area (Å²) in [6, 6.07) is 14.7. The van der Waals surface area contributed by atoms with Crippen LogP contribution in [0.2, 0.25) is 0 Å². The van der Waals surface area contributed by atoms with Gasteiger partial charge in [-0.05, 0) is 33.6 Å². The molecule has 0 saturated carbocycles. The van der Waals surface area contributed by atoms with Gasteiger partial charge in [-0.25, -0.2) is 4.79 Å². The number of ether oxygens (including phenoxy) is 1. The lowest BCUT2D eigenvalue weighted by molar-refractivity contribution is -0.138. The molecule has 0 fully saturated rings. The quantitative estimate of drug-likeness (QED) is 0.529. The summed E-state index contributed by atoms with van der Waals surface area (Å²) < 4.78 is 5.58. The predicted octanol–water partition coefficient (Wildman–Crippen LogP) is 4.56. The largest absolute Gasteiger partial charge is 0.481 e. The number of carbonyl (C=O) groups is 3. The Hall–Kier alpha value is -3.35. The molecule has 0 aliphatic heterocycles. The maximum absolute atomic E-state index is 13.0. The van der Waals surface area contributed by atoms with Gasteiger partial charge in [-0.1, -0.05) is 83.1 Å². The normalized spacial score (nSPS) is 14.6. The van der Waals surface area contributed by atoms with E-state index in [9.17, 15) is 19.5 Å². The van der Waals surface area contributed by atoms with Gasteiger partial charge in [0, 0.05) is 12.0 Å². The number of hydrogen-bond donors (Lipinski definition) is 3. The highest BCUT2D eigenvalue weighted by atomic mass is 16.5. The summed E-state index contributed by atoms with van der Waals surface area (Å²) >= 11 is 0. The van der Waals surface area contributed by atoms with E-state index in [-0.39, 0.29) is 24.9 Å². The molecule has 7 heteroatoms. The lowest BCUT2D eigenvalue weighted by Gasteiger charge is -2.32. The van der Waals surface area contributed by atoms with Gasteiger partial charge in [-0.15, -0.1) is 0 Å². The highest BCUT2D eigenvalue weighted by molar-refractivity contribution is 5.86. The molecule has 2 unspecified atom stereocenters. The van der Waals surface area contributed by atoms with E-state index in [2.05, 4.69) is 22.8 Å². The molecule has 1 aliphatic rings. The Balaban J connectivity index is 1.67. The smallest absolute Gasteiger partial charge is 0.407 e. The molecule has 2 aromatic carbocycles. The van der Waals surface area contributed by atoms with Crippen LogP contribution in [0, 0.1) is 11.3 Å². The summed E-state index contributed by atoms with van der Waals surface area (Å²) in [7, 11) is 0. The zero-order chi connectivity index (χ0) is 25.0. The number of fused-ring (bicyclic) bond motifs is 3. The second kappa shape index (κ2) is 10.3. The first-order chi connectivity index (χ1) is 16.0. The second-order valence-corrected chi connectivity index (χ2v) is 10.2. The van der Waals surface area contributed by atoms with Gasteiger partial charge in [-0.3, -0.25) is 9.59 Å². The number of hydrogen-bond acceptors (Lipinski definition) is 4. The van der Waals surface area contributed by atoms with E-state index in [1.165, 1.54) is 0 Å². The zero-order valence-electron chi connectivity index (χ0n) is 20.4. The topological polar surface area (TPSA) is 105 Å². The Morgan fingerprint density at radius 2 is 1.47 bits per heavy atom. The number of rotatable bonds is 8. The summed E-state index contributed by atoms with van der Waals surface area (Å²) in [6.45, 7) is 9.38. The third-order valence-corrected chi connectivity index (χ3v) is 6.31. The number of carboxylic acids is 1. The summed E-state index contributed by atoms with van der Waals surface area (Å²) in [5.41, 5.74) is 4.03. The number of benzene rings is 2. The van der Waals surface area contributed by atoms with Gasteiger partial charge >= 0.3 is 12.1 Å². The Morgan fingerprint density at radius 3 is 1.94 bits per heavy atom. The molecular weight excluding hydrogens is 432 g/mol. The average molecular weight is 467 g/mol. The van der Waals surface area contributed by atoms with E-state index in [1.807, 2.05) is 71.0 Å². The Kier molecular flexibility index (Phi) is 7.64. The van der Waals surface area contributed by atoms with Gasteiger partial charge in [-0.2, -0.15) is 0 Å². The maximum Gasteiger partial charge on any atom is 0.407 e. The molecule has 2 amide bonds. The van der Waals surface area contributed by atoms with Crippen molar-refractivity contribution < 1.29 is 24.2 Å². The van der Waals surface area contributed by atoms with Crippen molar-refractivity contribution in [3.63, 3.8) is 0 Å². The van der Waals surface area contributed by atoms with Crippen LogP contribution in [0.25, 0.3) is 11.1 Å². The standard InChI is InChI=1S/C27H34N2O5/c1-16(2)24(25(32)28-22(14-23(30)31)27(3,4)5)29-26(33)34-15-21-19-12-8-6-10-17(19)18-11-7-9-13-20(18)21/h6-13,16,21-22,24H,14-15H2,1-5H3,(H,28,32)(H,29,33)(H,30,31). The number of carbonyl (C=O) groups excluding carboxylic acids is 2. The molecule has 0 bridgehead atoms. The molecule has 2 aromatic rings. The molecular formula is C27H34N2O5. The molecule has 0 radical (unpaired) electrons. The molecule has 7 nitrogen and oxygen atoms in total. The fourth-order valence-corrected chi connectivity index (χ4v) is 4.31. The van der Waals surface area contributed by atoms with Crippen LogP contribution in [-0.2, 0) is 14.3 Å². The second-order valence-electron chi connectivity index (χ2n) is 10.2. The van der Waals surface area contributed by atoms with Crippen molar-refractivity contribution in [2.24, 2.45) is 11.3 Å². The van der Waals surface area contributed by atoms with Gasteiger partial charge in [0.15, 0.2) is 0 Å². The summed E-state index contributed by atoms with van der Waals surface area (Å²) in [4.78, 5) is 36.9. The fraction of sp³-hybridized carbons (Fsp3) is 0.444. The van der Waals surface area contributed by atoms with E-state index >= 15 is 0 Å². The van der Waals surface area contributed by atoms with E-state index in [0.29, 0.717) is 0 Å². The van der Waals surface area contributed by atoms with E-state index in [1.54, 1.807) is 0 Å². The van der Waals surface area contributed by atoms with Crippen molar-refractivity contribution in [3.8, 4) is 11.1 Å². The number of carboxylic acid groups (broad SMARTS) is 1. The highest BCUT2D eigenvalue weighted by Crippen LogP contribution is 2.44. The molecule has 3 N–H and O–H groups in total. The first kappa shape index (κ1) is 25.3. The molecule has 1 aliphatic carbocycles. The van der Waals surface area contributed by atoms with Gasteiger partial charge in [0.25, 0.3) is 0 Å². The minimum atomic E-state index is -0.995. The maximum atomic E-state index is 13.0. The molecule has 0 saturated heterocycles. The van der Waals surface area contributed by atoms with Crippen molar-refractivity contribution in [2.45, 2.75) is 59.0 Å². The number of nitrogens with one attached hydrogen (secondary N) is 2. The molecule has 0 aromatic heterocycles. The van der Waals surface area contributed by atoms with Crippen LogP contribution >= 0.6 is 0 Å². The summed E-state index contributed by atoms with van der Waals surface area (Å²) in [6.07, 6.45) is -0.883. The third kappa shape index (κ3) is 5.76. The van der Waals surface area contributed by atoms with Crippen molar-refractivity contribution in [3.05, 3.63) is 59.7 Å². The number of alkyl carbamates (subject to hydrolysis) is 1. The molecule has 3 rings (SSSR count). The van der Waals surface area contributed by atoms with Gasteiger partial charge in [0.2, 0.25) is 5.91 Å².